The van der Waals surface area contributed by atoms with Gasteiger partial charge in [-0.1, -0.05) is 13.8 Å². The van der Waals surface area contributed by atoms with Crippen LogP contribution in [-0.2, 0) is 18.9 Å². The van der Waals surface area contributed by atoms with Crippen LogP contribution in [0.2, 0.25) is 0 Å². The van der Waals surface area contributed by atoms with Crippen molar-refractivity contribution in [2.75, 3.05) is 26.4 Å². The zero-order chi connectivity index (χ0) is 17.3. The van der Waals surface area contributed by atoms with Gasteiger partial charge in [-0.15, -0.1) is 0 Å². The molecule has 4 heteroatoms. The predicted molar refractivity (Wildman–Crippen MR) is 96.7 cm³/mol. The fourth-order valence-electron chi connectivity index (χ4n) is 5.22. The Balaban J connectivity index is 1.20. The Morgan fingerprint density at radius 2 is 1.32 bits per heavy atom. The van der Waals surface area contributed by atoms with E-state index in [0.717, 1.165) is 38.3 Å². The Morgan fingerprint density at radius 1 is 0.760 bits per heavy atom. The van der Waals surface area contributed by atoms with E-state index in [9.17, 15) is 0 Å². The average Bonchev–Trinajstić information content (AvgIpc) is 3.42. The summed E-state index contributed by atoms with van der Waals surface area (Å²) >= 11 is 0. The van der Waals surface area contributed by atoms with Crippen LogP contribution in [0.5, 0.6) is 0 Å². The lowest BCUT2D eigenvalue weighted by atomic mass is 9.60. The normalized spacial score (nSPS) is 39.8. The molecule has 2 saturated heterocycles. The van der Waals surface area contributed by atoms with E-state index in [4.69, 9.17) is 18.9 Å². The molecule has 0 radical (unpaired) electrons. The Hall–Kier alpha value is -0.160. The second-order valence-corrected chi connectivity index (χ2v) is 9.35. The van der Waals surface area contributed by atoms with Gasteiger partial charge >= 0.3 is 0 Å². The van der Waals surface area contributed by atoms with Gasteiger partial charge in [-0.05, 0) is 68.6 Å². The van der Waals surface area contributed by atoms with Crippen LogP contribution in [0.15, 0.2) is 0 Å². The van der Waals surface area contributed by atoms with Crippen LogP contribution in [0.3, 0.4) is 0 Å². The summed E-state index contributed by atoms with van der Waals surface area (Å²) in [5.74, 6) is 1.71. The highest BCUT2D eigenvalue weighted by Crippen LogP contribution is 2.49. The number of hydrogen-bond acceptors (Lipinski definition) is 4. The maximum Gasteiger partial charge on any atom is 0.104 e. The van der Waals surface area contributed by atoms with Gasteiger partial charge in [0.05, 0.1) is 38.6 Å². The molecule has 0 bridgehead atoms. The van der Waals surface area contributed by atoms with Gasteiger partial charge in [-0.3, -0.25) is 0 Å². The Morgan fingerprint density at radius 3 is 1.80 bits per heavy atom. The standard InChI is InChI=1S/C21H36O4/c1-21(2,15-3-7-17(8-4-15)23-13-19-14-24-19)16-5-9-18(10-6-16)25-20-11-22-12-20/h15-20H,3-14H2,1-2H3. The average molecular weight is 353 g/mol. The van der Waals surface area contributed by atoms with Gasteiger partial charge in [0.2, 0.25) is 0 Å². The van der Waals surface area contributed by atoms with Crippen LogP contribution in [0.1, 0.15) is 65.2 Å². The minimum Gasteiger partial charge on any atom is -0.376 e. The molecule has 2 aliphatic carbocycles. The summed E-state index contributed by atoms with van der Waals surface area (Å²) in [7, 11) is 0. The van der Waals surface area contributed by atoms with E-state index in [-0.39, 0.29) is 0 Å². The fraction of sp³-hybridized carbons (Fsp3) is 1.00. The first-order chi connectivity index (χ1) is 12.1. The van der Waals surface area contributed by atoms with Gasteiger partial charge in [0.25, 0.3) is 0 Å². The van der Waals surface area contributed by atoms with Gasteiger partial charge in [-0.2, -0.15) is 0 Å². The van der Waals surface area contributed by atoms with E-state index in [1.165, 1.54) is 51.4 Å². The minimum absolute atomic E-state index is 0.380. The molecule has 0 aromatic heterocycles. The lowest BCUT2D eigenvalue weighted by Gasteiger charge is -2.47. The van der Waals surface area contributed by atoms with Crippen molar-refractivity contribution in [2.24, 2.45) is 17.3 Å². The second kappa shape index (κ2) is 7.84. The molecule has 0 spiro atoms. The third-order valence-corrected chi connectivity index (χ3v) is 7.37. The maximum atomic E-state index is 6.15. The molecular formula is C21H36O4. The molecular weight excluding hydrogens is 316 g/mol. The highest BCUT2D eigenvalue weighted by molar-refractivity contribution is 4.91. The van der Waals surface area contributed by atoms with Crippen molar-refractivity contribution < 1.29 is 18.9 Å². The zero-order valence-corrected chi connectivity index (χ0v) is 16.1. The van der Waals surface area contributed by atoms with E-state index in [2.05, 4.69) is 13.8 Å². The van der Waals surface area contributed by atoms with Crippen LogP contribution < -0.4 is 0 Å². The van der Waals surface area contributed by atoms with Gasteiger partial charge in [0, 0.05) is 0 Å². The molecule has 25 heavy (non-hydrogen) atoms. The fourth-order valence-corrected chi connectivity index (χ4v) is 5.22. The third kappa shape index (κ3) is 4.58. The number of rotatable bonds is 7. The minimum atomic E-state index is 0.380. The van der Waals surface area contributed by atoms with Crippen LogP contribution in [0.25, 0.3) is 0 Å². The van der Waals surface area contributed by atoms with Gasteiger partial charge < -0.3 is 18.9 Å². The van der Waals surface area contributed by atoms with Crippen molar-refractivity contribution in [3.05, 3.63) is 0 Å². The van der Waals surface area contributed by atoms with Crippen LogP contribution >= 0.6 is 0 Å². The number of hydrogen-bond donors (Lipinski definition) is 0. The zero-order valence-electron chi connectivity index (χ0n) is 16.1. The molecule has 1 unspecified atom stereocenters. The Bertz CT molecular complexity index is 414. The van der Waals surface area contributed by atoms with Crippen molar-refractivity contribution in [3.63, 3.8) is 0 Å². The molecule has 144 valence electrons. The Labute approximate surface area is 152 Å². The summed E-state index contributed by atoms with van der Waals surface area (Å²) in [6.07, 6.45) is 12.0. The van der Waals surface area contributed by atoms with Crippen molar-refractivity contribution >= 4 is 0 Å². The summed E-state index contributed by atoms with van der Waals surface area (Å²) in [6, 6.07) is 0. The van der Waals surface area contributed by atoms with E-state index < -0.39 is 0 Å². The molecule has 0 aromatic carbocycles. The molecule has 2 heterocycles. The van der Waals surface area contributed by atoms with Crippen LogP contribution in [0.4, 0.5) is 0 Å². The van der Waals surface area contributed by atoms with E-state index >= 15 is 0 Å². The van der Waals surface area contributed by atoms with Gasteiger partial charge in [0.1, 0.15) is 12.2 Å². The highest BCUT2D eigenvalue weighted by Gasteiger charge is 2.41. The molecule has 0 aromatic rings. The number of ether oxygens (including phenoxy) is 4. The quantitative estimate of drug-likeness (QED) is 0.650. The molecule has 4 rings (SSSR count). The van der Waals surface area contributed by atoms with Crippen molar-refractivity contribution in [3.8, 4) is 0 Å². The number of epoxide rings is 1. The van der Waals surface area contributed by atoms with Gasteiger partial charge in [-0.25, -0.2) is 0 Å². The van der Waals surface area contributed by atoms with E-state index in [1.807, 2.05) is 0 Å². The van der Waals surface area contributed by atoms with Crippen LogP contribution in [0, 0.1) is 17.3 Å². The summed E-state index contributed by atoms with van der Waals surface area (Å²) < 4.78 is 22.7. The molecule has 4 nitrogen and oxygen atoms in total. The summed E-state index contributed by atoms with van der Waals surface area (Å²) in [4.78, 5) is 0. The first kappa shape index (κ1) is 18.2. The third-order valence-electron chi connectivity index (χ3n) is 7.37. The molecule has 2 saturated carbocycles. The molecule has 0 amide bonds. The second-order valence-electron chi connectivity index (χ2n) is 9.35. The van der Waals surface area contributed by atoms with Crippen molar-refractivity contribution in [2.45, 2.75) is 89.6 Å². The Kier molecular flexibility index (Phi) is 5.71. The lowest BCUT2D eigenvalue weighted by molar-refractivity contribution is -0.164. The summed E-state index contributed by atoms with van der Waals surface area (Å²) in [5, 5.41) is 0. The maximum absolute atomic E-state index is 6.15. The molecule has 4 fully saturated rings. The summed E-state index contributed by atoms with van der Waals surface area (Å²) in [6.45, 7) is 8.40. The molecule has 0 N–H and O–H groups in total. The summed E-state index contributed by atoms with van der Waals surface area (Å²) in [5.41, 5.74) is 0.453. The first-order valence-electron chi connectivity index (χ1n) is 10.6. The SMILES string of the molecule is CC(C)(C1CCC(OCC2CO2)CC1)C1CCC(OC2COC2)CC1. The van der Waals surface area contributed by atoms with Gasteiger partial charge in [0.15, 0.2) is 0 Å². The van der Waals surface area contributed by atoms with Crippen LogP contribution in [-0.4, -0.2) is 50.8 Å². The monoisotopic (exact) mass is 352 g/mol. The molecule has 2 aliphatic heterocycles. The smallest absolute Gasteiger partial charge is 0.104 e. The van der Waals surface area contributed by atoms with E-state index in [0.29, 0.717) is 29.8 Å². The van der Waals surface area contributed by atoms with Crippen molar-refractivity contribution in [1.82, 2.24) is 0 Å². The van der Waals surface area contributed by atoms with E-state index in [1.54, 1.807) is 0 Å². The topological polar surface area (TPSA) is 40.2 Å². The molecule has 4 aliphatic rings. The van der Waals surface area contributed by atoms with Crippen molar-refractivity contribution in [1.29, 1.82) is 0 Å². The first-order valence-corrected chi connectivity index (χ1v) is 10.6. The largest absolute Gasteiger partial charge is 0.376 e. The highest BCUT2D eigenvalue weighted by atomic mass is 16.6. The lowest BCUT2D eigenvalue weighted by Crippen LogP contribution is -2.42. The predicted octanol–water partition coefficient (Wildman–Crippen LogP) is 3.96. The molecule has 1 atom stereocenters.